The number of unbranched alkanes of at least 4 members (excludes halogenated alkanes) is 2. The highest BCUT2D eigenvalue weighted by Crippen LogP contribution is 2.24. The molecule has 0 saturated carbocycles. The summed E-state index contributed by atoms with van der Waals surface area (Å²) in [7, 11) is 0. The molecule has 0 aromatic heterocycles. The zero-order chi connectivity index (χ0) is 14.3. The van der Waals surface area contributed by atoms with Crippen LogP contribution < -0.4 is 5.32 Å². The maximum absolute atomic E-state index is 11.7. The summed E-state index contributed by atoms with van der Waals surface area (Å²) >= 11 is 5.80. The van der Waals surface area contributed by atoms with Gasteiger partial charge in [0.05, 0.1) is 10.7 Å². The summed E-state index contributed by atoms with van der Waals surface area (Å²) in [6.45, 7) is 0. The summed E-state index contributed by atoms with van der Waals surface area (Å²) < 4.78 is 0. The second-order valence-corrected chi connectivity index (χ2v) is 4.33. The molecule has 0 spiro atoms. The van der Waals surface area contributed by atoms with Crippen LogP contribution >= 0.6 is 11.6 Å². The van der Waals surface area contributed by atoms with Crippen LogP contribution in [-0.2, 0) is 4.79 Å². The van der Waals surface area contributed by atoms with Crippen LogP contribution in [0, 0.1) is 12.3 Å². The molecule has 0 saturated heterocycles. The molecule has 0 radical (unpaired) electrons. The fourth-order valence-electron chi connectivity index (χ4n) is 1.57. The number of carbonyl (C=O) groups is 2. The second-order valence-electron chi connectivity index (χ2n) is 3.93. The van der Waals surface area contributed by atoms with Crippen molar-refractivity contribution in [1.29, 1.82) is 0 Å². The highest BCUT2D eigenvalue weighted by molar-refractivity contribution is 6.34. The van der Waals surface area contributed by atoms with Gasteiger partial charge in [-0.15, -0.1) is 12.3 Å². The first kappa shape index (κ1) is 15.1. The first-order chi connectivity index (χ1) is 9.06. The standard InChI is InChI=1S/C14H14ClNO3/c1-2-3-4-5-9-12(17)16-11-8-6-7-10(15)13(11)14(18)19/h1,6-8H,3-5,9H2,(H,16,17)(H,18,19). The summed E-state index contributed by atoms with van der Waals surface area (Å²) in [6, 6.07) is 4.56. The Labute approximate surface area is 116 Å². The van der Waals surface area contributed by atoms with Crippen LogP contribution in [0.25, 0.3) is 0 Å². The molecule has 2 N–H and O–H groups in total. The number of benzene rings is 1. The lowest BCUT2D eigenvalue weighted by molar-refractivity contribution is -0.116. The van der Waals surface area contributed by atoms with E-state index in [1.165, 1.54) is 12.1 Å². The van der Waals surface area contributed by atoms with Crippen molar-refractivity contribution in [3.05, 3.63) is 28.8 Å². The average molecular weight is 280 g/mol. The minimum atomic E-state index is -1.17. The van der Waals surface area contributed by atoms with Gasteiger partial charge in [-0.2, -0.15) is 0 Å². The van der Waals surface area contributed by atoms with Gasteiger partial charge in [0.25, 0.3) is 0 Å². The Morgan fingerprint density at radius 2 is 2.11 bits per heavy atom. The van der Waals surface area contributed by atoms with E-state index in [1.54, 1.807) is 6.07 Å². The minimum Gasteiger partial charge on any atom is -0.478 e. The summed E-state index contributed by atoms with van der Waals surface area (Å²) in [5, 5.41) is 11.7. The van der Waals surface area contributed by atoms with Gasteiger partial charge in [0, 0.05) is 12.8 Å². The molecule has 4 nitrogen and oxygen atoms in total. The monoisotopic (exact) mass is 279 g/mol. The van der Waals surface area contributed by atoms with Gasteiger partial charge in [-0.05, 0) is 25.0 Å². The molecule has 1 amide bonds. The Balaban J connectivity index is 2.67. The lowest BCUT2D eigenvalue weighted by atomic mass is 10.1. The van der Waals surface area contributed by atoms with Crippen molar-refractivity contribution in [2.75, 3.05) is 5.32 Å². The predicted octanol–water partition coefficient (Wildman–Crippen LogP) is 3.17. The van der Waals surface area contributed by atoms with Gasteiger partial charge in [-0.1, -0.05) is 17.7 Å². The van der Waals surface area contributed by atoms with E-state index < -0.39 is 5.97 Å². The maximum atomic E-state index is 11.7. The zero-order valence-corrected chi connectivity index (χ0v) is 11.0. The molecule has 0 fully saturated rings. The molecule has 0 unspecified atom stereocenters. The molecular formula is C14H14ClNO3. The van der Waals surface area contributed by atoms with Crippen molar-refractivity contribution in [2.24, 2.45) is 0 Å². The molecule has 5 heteroatoms. The number of amides is 1. The summed E-state index contributed by atoms with van der Waals surface area (Å²) in [5.41, 5.74) is 0.114. The Morgan fingerprint density at radius 1 is 1.37 bits per heavy atom. The van der Waals surface area contributed by atoms with Gasteiger partial charge >= 0.3 is 5.97 Å². The Bertz CT molecular complexity index is 520. The Morgan fingerprint density at radius 3 is 2.74 bits per heavy atom. The van der Waals surface area contributed by atoms with Gasteiger partial charge in [0.1, 0.15) is 5.56 Å². The van der Waals surface area contributed by atoms with Crippen molar-refractivity contribution >= 4 is 29.2 Å². The van der Waals surface area contributed by atoms with Crippen LogP contribution in [0.3, 0.4) is 0 Å². The number of hydrogen-bond acceptors (Lipinski definition) is 2. The number of halogens is 1. The molecular weight excluding hydrogens is 266 g/mol. The van der Waals surface area contributed by atoms with Gasteiger partial charge in [-0.25, -0.2) is 4.79 Å². The highest BCUT2D eigenvalue weighted by atomic mass is 35.5. The van der Waals surface area contributed by atoms with Crippen LogP contribution in [-0.4, -0.2) is 17.0 Å². The third-order valence-corrected chi connectivity index (χ3v) is 2.79. The van der Waals surface area contributed by atoms with E-state index in [2.05, 4.69) is 11.2 Å². The zero-order valence-electron chi connectivity index (χ0n) is 10.3. The van der Waals surface area contributed by atoms with E-state index >= 15 is 0 Å². The molecule has 0 aliphatic carbocycles. The molecule has 0 aliphatic rings. The lowest BCUT2D eigenvalue weighted by Crippen LogP contribution is -2.14. The molecule has 1 aromatic carbocycles. The molecule has 19 heavy (non-hydrogen) atoms. The van der Waals surface area contributed by atoms with E-state index in [1.807, 2.05) is 0 Å². The van der Waals surface area contributed by atoms with Gasteiger partial charge in [0.2, 0.25) is 5.91 Å². The largest absolute Gasteiger partial charge is 0.478 e. The highest BCUT2D eigenvalue weighted by Gasteiger charge is 2.15. The molecule has 0 atom stereocenters. The number of carboxylic acids is 1. The van der Waals surface area contributed by atoms with Gasteiger partial charge < -0.3 is 10.4 Å². The molecule has 1 aromatic rings. The third kappa shape index (κ3) is 4.65. The summed E-state index contributed by atoms with van der Waals surface area (Å²) in [5.74, 6) is 1.07. The number of hydrogen-bond donors (Lipinski definition) is 2. The van der Waals surface area contributed by atoms with Crippen LogP contribution in [0.2, 0.25) is 5.02 Å². The van der Waals surface area contributed by atoms with Crippen molar-refractivity contribution in [2.45, 2.75) is 25.7 Å². The first-order valence-corrected chi connectivity index (χ1v) is 6.19. The molecule has 1 rings (SSSR count). The van der Waals surface area contributed by atoms with Crippen molar-refractivity contribution in [3.8, 4) is 12.3 Å². The van der Waals surface area contributed by atoms with E-state index in [0.29, 0.717) is 19.3 Å². The molecule has 0 heterocycles. The first-order valence-electron chi connectivity index (χ1n) is 5.81. The van der Waals surface area contributed by atoms with Crippen molar-refractivity contribution in [3.63, 3.8) is 0 Å². The second kappa shape index (κ2) is 7.45. The number of rotatable bonds is 6. The number of anilines is 1. The Kier molecular flexibility index (Phi) is 5.91. The SMILES string of the molecule is C#CCCCCC(=O)Nc1cccc(Cl)c1C(=O)O. The van der Waals surface area contributed by atoms with E-state index in [9.17, 15) is 9.59 Å². The number of carbonyl (C=O) groups excluding carboxylic acids is 1. The molecule has 100 valence electrons. The van der Waals surface area contributed by atoms with Crippen LogP contribution in [0.15, 0.2) is 18.2 Å². The number of aromatic carboxylic acids is 1. The fourth-order valence-corrected chi connectivity index (χ4v) is 1.83. The number of terminal acetylenes is 1. The predicted molar refractivity (Wildman–Crippen MR) is 74.3 cm³/mol. The fraction of sp³-hybridized carbons (Fsp3) is 0.286. The quantitative estimate of drug-likeness (QED) is 0.621. The smallest absolute Gasteiger partial charge is 0.339 e. The van der Waals surface area contributed by atoms with Gasteiger partial charge in [0.15, 0.2) is 0 Å². The van der Waals surface area contributed by atoms with E-state index in [-0.39, 0.29) is 22.2 Å². The third-order valence-electron chi connectivity index (χ3n) is 2.48. The van der Waals surface area contributed by atoms with Crippen LogP contribution in [0.5, 0.6) is 0 Å². The molecule has 0 aliphatic heterocycles. The normalized spacial score (nSPS) is 9.68. The van der Waals surface area contributed by atoms with Crippen LogP contribution in [0.1, 0.15) is 36.0 Å². The Hall–Kier alpha value is -1.99. The van der Waals surface area contributed by atoms with Gasteiger partial charge in [-0.3, -0.25) is 4.79 Å². The van der Waals surface area contributed by atoms with Crippen molar-refractivity contribution < 1.29 is 14.7 Å². The minimum absolute atomic E-state index is 0.0950. The van der Waals surface area contributed by atoms with Crippen molar-refractivity contribution in [1.82, 2.24) is 0 Å². The number of nitrogens with one attached hydrogen (secondary N) is 1. The summed E-state index contributed by atoms with van der Waals surface area (Å²) in [6.07, 6.45) is 7.47. The van der Waals surface area contributed by atoms with E-state index in [0.717, 1.165) is 6.42 Å². The summed E-state index contributed by atoms with van der Waals surface area (Å²) in [4.78, 5) is 22.7. The average Bonchev–Trinajstić information content (AvgIpc) is 2.34. The van der Waals surface area contributed by atoms with E-state index in [4.69, 9.17) is 23.1 Å². The molecule has 0 bridgehead atoms. The number of carboxylic acid groups (broad SMARTS) is 1. The van der Waals surface area contributed by atoms with Crippen LogP contribution in [0.4, 0.5) is 5.69 Å². The lowest BCUT2D eigenvalue weighted by Gasteiger charge is -2.09. The maximum Gasteiger partial charge on any atom is 0.339 e. The topological polar surface area (TPSA) is 66.4 Å².